The second-order valence-electron chi connectivity index (χ2n) is 3.06. The average Bonchev–Trinajstić information content (AvgIpc) is 2.07. The van der Waals surface area contributed by atoms with Crippen molar-refractivity contribution in [1.29, 1.82) is 0 Å². The molecule has 1 saturated heterocycles. The first kappa shape index (κ1) is 8.74. The minimum atomic E-state index is -2.97. The van der Waals surface area contributed by atoms with Crippen molar-refractivity contribution in [2.45, 2.75) is 18.4 Å². The topological polar surface area (TPSA) is 54.4 Å². The Balaban J connectivity index is 2.72. The van der Waals surface area contributed by atoms with Crippen LogP contribution in [0.2, 0.25) is 0 Å². The summed E-state index contributed by atoms with van der Waals surface area (Å²) < 4.78 is 21.9. The van der Waals surface area contributed by atoms with Crippen LogP contribution >= 0.6 is 0 Å². The molecular weight excluding hydrogens is 164 g/mol. The molecule has 1 N–H and O–H groups in total. The predicted molar refractivity (Wildman–Crippen MR) is 43.0 cm³/mol. The highest BCUT2D eigenvalue weighted by atomic mass is 32.2. The lowest BCUT2D eigenvalue weighted by atomic mass is 10.00. The fraction of sp³-hybridized carbons (Fsp3) is 0.714. The Hall–Kier alpha value is -0.350. The molecule has 0 aromatic carbocycles. The molecular formula is C7H12O3S. The van der Waals surface area contributed by atoms with Crippen molar-refractivity contribution in [3.8, 4) is 0 Å². The van der Waals surface area contributed by atoms with Crippen LogP contribution in [0.1, 0.15) is 12.8 Å². The van der Waals surface area contributed by atoms with Crippen LogP contribution in [0.5, 0.6) is 0 Å². The molecule has 1 fully saturated rings. The van der Waals surface area contributed by atoms with Gasteiger partial charge in [0.2, 0.25) is 0 Å². The number of rotatable bonds is 2. The van der Waals surface area contributed by atoms with Gasteiger partial charge in [0.15, 0.2) is 9.84 Å². The average molecular weight is 176 g/mol. The summed E-state index contributed by atoms with van der Waals surface area (Å²) in [6, 6.07) is 0. The van der Waals surface area contributed by atoms with E-state index in [1.165, 1.54) is 0 Å². The van der Waals surface area contributed by atoms with E-state index in [9.17, 15) is 13.5 Å². The molecule has 3 nitrogen and oxygen atoms in total. The highest BCUT2D eigenvalue weighted by Gasteiger charge is 2.39. The van der Waals surface area contributed by atoms with Crippen LogP contribution in [0, 0.1) is 0 Å². The zero-order valence-corrected chi connectivity index (χ0v) is 7.10. The maximum atomic E-state index is 10.9. The zero-order valence-electron chi connectivity index (χ0n) is 6.28. The van der Waals surface area contributed by atoms with Crippen molar-refractivity contribution in [3.05, 3.63) is 12.7 Å². The lowest BCUT2D eigenvalue weighted by Crippen LogP contribution is -2.28. The summed E-state index contributed by atoms with van der Waals surface area (Å²) in [4.78, 5) is 0. The van der Waals surface area contributed by atoms with E-state index >= 15 is 0 Å². The molecule has 4 heteroatoms. The van der Waals surface area contributed by atoms with Crippen molar-refractivity contribution in [2.24, 2.45) is 0 Å². The van der Waals surface area contributed by atoms with Gasteiger partial charge < -0.3 is 5.11 Å². The third kappa shape index (κ3) is 2.04. The largest absolute Gasteiger partial charge is 0.388 e. The maximum Gasteiger partial charge on any atom is 0.153 e. The van der Waals surface area contributed by atoms with E-state index in [-0.39, 0.29) is 11.5 Å². The molecule has 0 amide bonds. The van der Waals surface area contributed by atoms with Gasteiger partial charge >= 0.3 is 0 Å². The van der Waals surface area contributed by atoms with Crippen LogP contribution in [0.15, 0.2) is 12.7 Å². The minimum absolute atomic E-state index is 0.105. The van der Waals surface area contributed by atoms with Crippen molar-refractivity contribution in [1.82, 2.24) is 0 Å². The van der Waals surface area contributed by atoms with Gasteiger partial charge in [-0.15, -0.1) is 6.58 Å². The first-order valence-electron chi connectivity index (χ1n) is 3.51. The Morgan fingerprint density at radius 1 is 1.64 bits per heavy atom. The van der Waals surface area contributed by atoms with Crippen LogP contribution in [0.4, 0.5) is 0 Å². The summed E-state index contributed by atoms with van der Waals surface area (Å²) in [7, 11) is -2.97. The summed E-state index contributed by atoms with van der Waals surface area (Å²) in [6.45, 7) is 3.46. The molecule has 0 aromatic heterocycles. The van der Waals surface area contributed by atoms with Crippen LogP contribution < -0.4 is 0 Å². The molecule has 0 aromatic rings. The number of hydrogen-bond donors (Lipinski definition) is 1. The van der Waals surface area contributed by atoms with E-state index in [4.69, 9.17) is 0 Å². The van der Waals surface area contributed by atoms with Crippen molar-refractivity contribution >= 4 is 9.84 Å². The van der Waals surface area contributed by atoms with E-state index < -0.39 is 15.4 Å². The van der Waals surface area contributed by atoms with E-state index in [1.54, 1.807) is 6.08 Å². The Morgan fingerprint density at radius 2 is 2.27 bits per heavy atom. The third-order valence-electron chi connectivity index (χ3n) is 1.89. The van der Waals surface area contributed by atoms with Gasteiger partial charge in [-0.25, -0.2) is 8.42 Å². The predicted octanol–water partition coefficient (Wildman–Crippen LogP) is 0.112. The molecule has 1 unspecified atom stereocenters. The zero-order chi connectivity index (χ0) is 8.54. The minimum Gasteiger partial charge on any atom is -0.388 e. The van der Waals surface area contributed by atoms with E-state index in [2.05, 4.69) is 6.58 Å². The summed E-state index contributed by atoms with van der Waals surface area (Å²) >= 11 is 0. The van der Waals surface area contributed by atoms with Gasteiger partial charge in [-0.05, 0) is 12.8 Å². The van der Waals surface area contributed by atoms with E-state index in [1.807, 2.05) is 0 Å². The standard InChI is InChI=1S/C7H12O3S/c1-2-3-7(8)4-5-11(9,10)6-7/h2,8H,1,3-6H2. The van der Waals surface area contributed by atoms with Crippen molar-refractivity contribution in [2.75, 3.05) is 11.5 Å². The van der Waals surface area contributed by atoms with Gasteiger partial charge in [-0.2, -0.15) is 0 Å². The van der Waals surface area contributed by atoms with E-state index in [0.717, 1.165) is 0 Å². The monoisotopic (exact) mass is 176 g/mol. The molecule has 1 aliphatic heterocycles. The second kappa shape index (κ2) is 2.60. The maximum absolute atomic E-state index is 10.9. The number of aliphatic hydroxyl groups is 1. The van der Waals surface area contributed by atoms with Crippen LogP contribution in [-0.2, 0) is 9.84 Å². The molecule has 0 spiro atoms. The molecule has 0 aliphatic carbocycles. The van der Waals surface area contributed by atoms with Crippen molar-refractivity contribution < 1.29 is 13.5 Å². The van der Waals surface area contributed by atoms with Gasteiger partial charge in [-0.3, -0.25) is 0 Å². The first-order valence-corrected chi connectivity index (χ1v) is 5.33. The number of hydrogen-bond acceptors (Lipinski definition) is 3. The summed E-state index contributed by atoms with van der Waals surface area (Å²) in [5.74, 6) is 0.00333. The summed E-state index contributed by atoms with van der Waals surface area (Å²) in [5.41, 5.74) is -1.03. The molecule has 0 saturated carbocycles. The van der Waals surface area contributed by atoms with Gasteiger partial charge in [0, 0.05) is 0 Å². The first-order chi connectivity index (χ1) is 4.97. The quantitative estimate of drug-likeness (QED) is 0.608. The Kier molecular flexibility index (Phi) is 2.07. The third-order valence-corrected chi connectivity index (χ3v) is 3.69. The Bertz CT molecular complexity index is 255. The molecule has 1 heterocycles. The second-order valence-corrected chi connectivity index (χ2v) is 5.24. The summed E-state index contributed by atoms with van der Waals surface area (Å²) in [5, 5.41) is 9.58. The molecule has 1 rings (SSSR count). The molecule has 0 radical (unpaired) electrons. The lowest BCUT2D eigenvalue weighted by Gasteiger charge is -2.17. The van der Waals surface area contributed by atoms with Crippen LogP contribution in [0.3, 0.4) is 0 Å². The van der Waals surface area contributed by atoms with Gasteiger partial charge in [0.25, 0.3) is 0 Å². The normalized spacial score (nSPS) is 35.4. The van der Waals surface area contributed by atoms with Gasteiger partial charge in [0.1, 0.15) is 0 Å². The number of sulfone groups is 1. The molecule has 1 atom stereocenters. The molecule has 1 aliphatic rings. The smallest absolute Gasteiger partial charge is 0.153 e. The van der Waals surface area contributed by atoms with Gasteiger partial charge in [-0.1, -0.05) is 6.08 Å². The fourth-order valence-corrected chi connectivity index (χ4v) is 3.25. The highest BCUT2D eigenvalue weighted by molar-refractivity contribution is 7.91. The van der Waals surface area contributed by atoms with Crippen molar-refractivity contribution in [3.63, 3.8) is 0 Å². The molecule has 0 bridgehead atoms. The summed E-state index contributed by atoms with van der Waals surface area (Å²) in [6.07, 6.45) is 2.27. The molecule has 11 heavy (non-hydrogen) atoms. The fourth-order valence-electron chi connectivity index (χ4n) is 1.33. The Labute approximate surface area is 66.7 Å². The SMILES string of the molecule is C=CCC1(O)CCS(=O)(=O)C1. The Morgan fingerprint density at radius 3 is 2.64 bits per heavy atom. The van der Waals surface area contributed by atoms with Gasteiger partial charge in [0.05, 0.1) is 17.1 Å². The lowest BCUT2D eigenvalue weighted by molar-refractivity contribution is 0.0711. The van der Waals surface area contributed by atoms with Crippen LogP contribution in [-0.4, -0.2) is 30.6 Å². The van der Waals surface area contributed by atoms with Crippen LogP contribution in [0.25, 0.3) is 0 Å². The highest BCUT2D eigenvalue weighted by Crippen LogP contribution is 2.26. The van der Waals surface area contributed by atoms with E-state index in [0.29, 0.717) is 12.8 Å². The molecule has 64 valence electrons.